The number of nitrogens with one attached hydrogen (secondary N) is 1. The maximum absolute atomic E-state index is 10.2. The van der Waals surface area contributed by atoms with Gasteiger partial charge in [-0.1, -0.05) is 12.1 Å². The molecule has 1 aromatic heterocycles. The highest BCUT2D eigenvalue weighted by Crippen LogP contribution is 2.47. The van der Waals surface area contributed by atoms with Crippen LogP contribution in [0.3, 0.4) is 0 Å². The number of nitrogens with zero attached hydrogens (tertiary/aromatic N) is 1. The number of ether oxygens (including phenoxy) is 1. The third kappa shape index (κ3) is 1.41. The van der Waals surface area contributed by atoms with Gasteiger partial charge < -0.3 is 14.8 Å². The van der Waals surface area contributed by atoms with Crippen molar-refractivity contribution >= 4 is 10.9 Å². The van der Waals surface area contributed by atoms with Crippen LogP contribution in [0.25, 0.3) is 10.9 Å². The SMILES string of the molecule is CO[C@]12C[C@H](O)CN(C)[C@@H]1Cc1c[nH]c3cccc2c13. The van der Waals surface area contributed by atoms with Crippen LogP contribution in [0.15, 0.2) is 24.4 Å². The summed E-state index contributed by atoms with van der Waals surface area (Å²) in [5, 5.41) is 11.5. The number of aliphatic hydroxyl groups is 1. The van der Waals surface area contributed by atoms with Crippen LogP contribution in [0.4, 0.5) is 0 Å². The number of aliphatic hydroxyl groups excluding tert-OH is 1. The summed E-state index contributed by atoms with van der Waals surface area (Å²) in [6.07, 6.45) is 3.41. The van der Waals surface area contributed by atoms with Gasteiger partial charge in [-0.05, 0) is 30.7 Å². The van der Waals surface area contributed by atoms with Crippen LogP contribution in [-0.2, 0) is 16.8 Å². The van der Waals surface area contributed by atoms with Crippen molar-refractivity contribution in [3.8, 4) is 0 Å². The largest absolute Gasteiger partial charge is 0.392 e. The van der Waals surface area contributed by atoms with E-state index < -0.39 is 5.60 Å². The molecule has 1 saturated heterocycles. The van der Waals surface area contributed by atoms with Crippen molar-refractivity contribution in [2.45, 2.75) is 30.6 Å². The fourth-order valence-electron chi connectivity index (χ4n) is 4.28. The van der Waals surface area contributed by atoms with E-state index in [-0.39, 0.29) is 12.1 Å². The van der Waals surface area contributed by atoms with Gasteiger partial charge in [0, 0.05) is 43.2 Å². The van der Waals surface area contributed by atoms with Gasteiger partial charge in [-0.15, -0.1) is 0 Å². The number of H-pyrrole nitrogens is 1. The lowest BCUT2D eigenvalue weighted by Gasteiger charge is -2.52. The molecule has 0 radical (unpaired) electrons. The van der Waals surface area contributed by atoms with E-state index in [4.69, 9.17) is 4.74 Å². The van der Waals surface area contributed by atoms with Crippen LogP contribution in [-0.4, -0.2) is 47.8 Å². The number of likely N-dealkylation sites (N-methyl/N-ethyl adjacent to an activating group) is 1. The summed E-state index contributed by atoms with van der Waals surface area (Å²) in [6.45, 7) is 0.714. The Morgan fingerprint density at radius 1 is 1.45 bits per heavy atom. The molecule has 4 rings (SSSR count). The zero-order chi connectivity index (χ0) is 13.9. The number of hydrogen-bond acceptors (Lipinski definition) is 3. The fourth-order valence-corrected chi connectivity index (χ4v) is 4.28. The van der Waals surface area contributed by atoms with Crippen LogP contribution in [0.5, 0.6) is 0 Å². The lowest BCUT2D eigenvalue weighted by Crippen LogP contribution is -2.60. The second kappa shape index (κ2) is 4.07. The molecule has 4 heteroatoms. The maximum atomic E-state index is 10.2. The van der Waals surface area contributed by atoms with Crippen molar-refractivity contribution in [3.63, 3.8) is 0 Å². The van der Waals surface area contributed by atoms with E-state index in [1.807, 2.05) is 0 Å². The van der Waals surface area contributed by atoms with Gasteiger partial charge >= 0.3 is 0 Å². The van der Waals surface area contributed by atoms with Gasteiger partial charge in [0.2, 0.25) is 0 Å². The first-order valence-corrected chi connectivity index (χ1v) is 7.18. The molecule has 4 nitrogen and oxygen atoms in total. The summed E-state index contributed by atoms with van der Waals surface area (Å²) < 4.78 is 6.02. The van der Waals surface area contributed by atoms with E-state index in [1.54, 1.807) is 7.11 Å². The Balaban J connectivity index is 2.00. The van der Waals surface area contributed by atoms with Gasteiger partial charge in [0.1, 0.15) is 5.60 Å². The van der Waals surface area contributed by atoms with E-state index in [0.717, 1.165) is 11.9 Å². The molecule has 3 atom stereocenters. The second-order valence-corrected chi connectivity index (χ2v) is 6.15. The van der Waals surface area contributed by atoms with Crippen LogP contribution < -0.4 is 0 Å². The number of methoxy groups -OCH3 is 1. The van der Waals surface area contributed by atoms with Gasteiger partial charge in [0.05, 0.1) is 6.10 Å². The number of rotatable bonds is 1. The lowest BCUT2D eigenvalue weighted by molar-refractivity contribution is -0.141. The number of benzene rings is 1. The number of piperidine rings is 1. The quantitative estimate of drug-likeness (QED) is 0.829. The summed E-state index contributed by atoms with van der Waals surface area (Å²) >= 11 is 0. The Bertz CT molecular complexity index is 666. The van der Waals surface area contributed by atoms with Crippen LogP contribution in [0.2, 0.25) is 0 Å². The Kier molecular flexibility index (Phi) is 2.52. The Morgan fingerprint density at radius 3 is 3.10 bits per heavy atom. The number of likely N-dealkylation sites (tertiary alicyclic amines) is 1. The third-order valence-electron chi connectivity index (χ3n) is 5.13. The zero-order valence-electron chi connectivity index (χ0n) is 11.9. The monoisotopic (exact) mass is 272 g/mol. The molecule has 0 bridgehead atoms. The molecule has 1 aliphatic heterocycles. The minimum atomic E-state index is -0.402. The van der Waals surface area contributed by atoms with Crippen LogP contribution in [0.1, 0.15) is 17.5 Å². The predicted molar refractivity (Wildman–Crippen MR) is 77.7 cm³/mol. The molecule has 106 valence electrons. The van der Waals surface area contributed by atoms with Crippen molar-refractivity contribution in [3.05, 3.63) is 35.5 Å². The summed E-state index contributed by atoms with van der Waals surface area (Å²) in [6, 6.07) is 6.61. The molecule has 0 unspecified atom stereocenters. The molecule has 1 aliphatic carbocycles. The Morgan fingerprint density at radius 2 is 2.30 bits per heavy atom. The molecule has 1 aromatic carbocycles. The lowest BCUT2D eigenvalue weighted by atomic mass is 9.70. The number of β-amino-alcohol motifs (C(OH)–C–C–N with tert-alkyl or cyclic N) is 1. The summed E-state index contributed by atoms with van der Waals surface area (Å²) in [4.78, 5) is 5.60. The van der Waals surface area contributed by atoms with Crippen LogP contribution in [0, 0.1) is 0 Å². The molecule has 2 aliphatic rings. The molecule has 1 fully saturated rings. The maximum Gasteiger partial charge on any atom is 0.112 e. The molecule has 0 saturated carbocycles. The van der Waals surface area contributed by atoms with Gasteiger partial charge in [0.15, 0.2) is 0 Å². The zero-order valence-corrected chi connectivity index (χ0v) is 11.9. The van der Waals surface area contributed by atoms with Gasteiger partial charge in [-0.3, -0.25) is 4.90 Å². The fraction of sp³-hybridized carbons (Fsp3) is 0.500. The topological polar surface area (TPSA) is 48.5 Å². The second-order valence-electron chi connectivity index (χ2n) is 6.15. The first-order valence-electron chi connectivity index (χ1n) is 7.18. The first kappa shape index (κ1) is 12.4. The highest BCUT2D eigenvalue weighted by molar-refractivity contribution is 5.88. The summed E-state index contributed by atoms with van der Waals surface area (Å²) in [7, 11) is 3.86. The Labute approximate surface area is 118 Å². The minimum Gasteiger partial charge on any atom is -0.392 e. The van der Waals surface area contributed by atoms with Gasteiger partial charge in [0.25, 0.3) is 0 Å². The van der Waals surface area contributed by atoms with Gasteiger partial charge in [-0.2, -0.15) is 0 Å². The first-order chi connectivity index (χ1) is 9.65. The molecule has 0 amide bonds. The number of fused-ring (bicyclic) bond motifs is 2. The van der Waals surface area contributed by atoms with Crippen molar-refractivity contribution in [2.75, 3.05) is 20.7 Å². The number of aromatic nitrogens is 1. The van der Waals surface area contributed by atoms with Crippen molar-refractivity contribution in [1.29, 1.82) is 0 Å². The number of aromatic amines is 1. The standard InChI is InChI=1S/C16H20N2O2/c1-18-9-11(19)7-16(20-2)12-4-3-5-13-15(12)10(8-17-13)6-14(16)18/h3-5,8,11,14,17,19H,6-7,9H2,1-2H3/t11-,14+,16-/m0/s1. The average Bonchev–Trinajstić information content (AvgIpc) is 2.85. The molecule has 20 heavy (non-hydrogen) atoms. The highest BCUT2D eigenvalue weighted by atomic mass is 16.5. The van der Waals surface area contributed by atoms with Crippen LogP contribution >= 0.6 is 0 Å². The molecule has 2 heterocycles. The van der Waals surface area contributed by atoms with Crippen molar-refractivity contribution < 1.29 is 9.84 Å². The summed E-state index contributed by atoms with van der Waals surface area (Å²) in [5.41, 5.74) is 3.34. The minimum absolute atomic E-state index is 0.282. The van der Waals surface area contributed by atoms with E-state index in [1.165, 1.54) is 16.5 Å². The Hall–Kier alpha value is -1.36. The molecular weight excluding hydrogens is 252 g/mol. The molecule has 2 aromatic rings. The van der Waals surface area contributed by atoms with E-state index in [2.05, 4.69) is 41.3 Å². The molecule has 2 N–H and O–H groups in total. The van der Waals surface area contributed by atoms with Crippen molar-refractivity contribution in [1.82, 2.24) is 9.88 Å². The summed E-state index contributed by atoms with van der Waals surface area (Å²) in [5.74, 6) is 0. The molecule has 0 spiro atoms. The predicted octanol–water partition coefficient (Wildman–Crippen LogP) is 1.63. The third-order valence-corrected chi connectivity index (χ3v) is 5.13. The smallest absolute Gasteiger partial charge is 0.112 e. The van der Waals surface area contributed by atoms with Crippen molar-refractivity contribution in [2.24, 2.45) is 0 Å². The van der Waals surface area contributed by atoms with E-state index in [0.29, 0.717) is 13.0 Å². The average molecular weight is 272 g/mol. The van der Waals surface area contributed by atoms with E-state index in [9.17, 15) is 5.11 Å². The normalized spacial score (nSPS) is 33.4. The highest BCUT2D eigenvalue weighted by Gasteiger charge is 2.51. The van der Waals surface area contributed by atoms with E-state index >= 15 is 0 Å². The molecular formula is C16H20N2O2. The number of hydrogen-bond donors (Lipinski definition) is 2. The van der Waals surface area contributed by atoms with Gasteiger partial charge in [-0.25, -0.2) is 0 Å².